The lowest BCUT2D eigenvalue weighted by Crippen LogP contribution is -2.13. The molecule has 0 aliphatic heterocycles. The number of nitrogens with zero attached hydrogens (tertiary/aromatic N) is 2. The third-order valence-corrected chi connectivity index (χ3v) is 3.56. The molecule has 0 spiro atoms. The van der Waals surface area contributed by atoms with E-state index in [4.69, 9.17) is 16.4 Å². The van der Waals surface area contributed by atoms with Crippen LogP contribution < -0.4 is 5.32 Å². The van der Waals surface area contributed by atoms with Gasteiger partial charge in [0.15, 0.2) is 0 Å². The summed E-state index contributed by atoms with van der Waals surface area (Å²) < 4.78 is 0. The molecule has 5 nitrogen and oxygen atoms in total. The van der Waals surface area contributed by atoms with E-state index in [0.717, 1.165) is 11.1 Å². The zero-order valence-electron chi connectivity index (χ0n) is 13.1. The number of oxime groups is 1. The van der Waals surface area contributed by atoms with Crippen LogP contribution in [0, 0.1) is 0 Å². The van der Waals surface area contributed by atoms with E-state index in [9.17, 15) is 4.79 Å². The summed E-state index contributed by atoms with van der Waals surface area (Å²) in [5, 5.41) is 7.20. The molecule has 0 bridgehead atoms. The predicted octanol–water partition coefficient (Wildman–Crippen LogP) is 4.74. The van der Waals surface area contributed by atoms with Crippen LogP contribution in [0.1, 0.15) is 11.1 Å². The number of halogens is 1. The molecular weight excluding hydrogens is 338 g/mol. The van der Waals surface area contributed by atoms with Crippen LogP contribution in [0.5, 0.6) is 0 Å². The molecule has 0 aliphatic rings. The molecule has 3 rings (SSSR count). The molecule has 6 heteroatoms. The summed E-state index contributed by atoms with van der Waals surface area (Å²) in [6, 6.07) is 19.8. The number of hydrogen-bond donors (Lipinski definition) is 1. The number of benzene rings is 2. The highest BCUT2D eigenvalue weighted by molar-refractivity contribution is 6.30. The first-order valence-corrected chi connectivity index (χ1v) is 7.87. The maximum Gasteiger partial charge on any atom is 0.437 e. The Kier molecular flexibility index (Phi) is 5.39. The molecule has 0 saturated carbocycles. The maximum absolute atomic E-state index is 12.0. The number of aromatic nitrogens is 1. The fourth-order valence-electron chi connectivity index (χ4n) is 2.14. The maximum atomic E-state index is 12.0. The van der Waals surface area contributed by atoms with Gasteiger partial charge in [-0.25, -0.2) is 4.79 Å². The van der Waals surface area contributed by atoms with E-state index in [0.29, 0.717) is 16.4 Å². The molecule has 25 heavy (non-hydrogen) atoms. The molecule has 1 aromatic heterocycles. The number of amides is 1. The molecule has 0 saturated heterocycles. The number of pyridine rings is 1. The second kappa shape index (κ2) is 8.08. The molecular formula is C19H14ClN3O2. The van der Waals surface area contributed by atoms with Crippen molar-refractivity contribution in [2.24, 2.45) is 5.16 Å². The second-order valence-corrected chi connectivity index (χ2v) is 5.49. The molecule has 0 unspecified atom stereocenters. The molecule has 124 valence electrons. The van der Waals surface area contributed by atoms with Crippen LogP contribution >= 0.6 is 11.6 Å². The van der Waals surface area contributed by atoms with Gasteiger partial charge in [0.25, 0.3) is 0 Å². The van der Waals surface area contributed by atoms with Crippen molar-refractivity contribution in [3.05, 3.63) is 95.3 Å². The average molecular weight is 352 g/mol. The van der Waals surface area contributed by atoms with Gasteiger partial charge in [-0.1, -0.05) is 47.1 Å². The number of hydrogen-bond acceptors (Lipinski definition) is 4. The molecule has 3 aromatic rings. The van der Waals surface area contributed by atoms with Gasteiger partial charge in [0.1, 0.15) is 5.71 Å². The largest absolute Gasteiger partial charge is 0.437 e. The number of carbonyl (C=O) groups excluding carboxylic acids is 1. The van der Waals surface area contributed by atoms with Crippen molar-refractivity contribution in [2.75, 3.05) is 5.32 Å². The van der Waals surface area contributed by atoms with Crippen LogP contribution in [-0.2, 0) is 4.84 Å². The number of anilines is 1. The van der Waals surface area contributed by atoms with Gasteiger partial charge in [-0.15, -0.1) is 0 Å². The highest BCUT2D eigenvalue weighted by Crippen LogP contribution is 2.14. The molecule has 0 aliphatic carbocycles. The van der Waals surface area contributed by atoms with Crippen molar-refractivity contribution in [1.82, 2.24) is 4.98 Å². The fourth-order valence-corrected chi connectivity index (χ4v) is 2.26. The first-order chi connectivity index (χ1) is 12.2. The van der Waals surface area contributed by atoms with Gasteiger partial charge in [-0.05, 0) is 36.4 Å². The molecule has 0 fully saturated rings. The highest BCUT2D eigenvalue weighted by Gasteiger charge is 2.10. The minimum Gasteiger partial charge on any atom is -0.297 e. The number of nitrogens with one attached hydrogen (secondary N) is 1. The normalized spacial score (nSPS) is 11.0. The number of carbonyl (C=O) groups is 1. The monoisotopic (exact) mass is 351 g/mol. The molecule has 1 heterocycles. The minimum atomic E-state index is -0.690. The van der Waals surface area contributed by atoms with Crippen molar-refractivity contribution >= 4 is 29.1 Å². The minimum absolute atomic E-state index is 0.536. The van der Waals surface area contributed by atoms with E-state index >= 15 is 0 Å². The van der Waals surface area contributed by atoms with Crippen LogP contribution in [0.15, 0.2) is 84.3 Å². The van der Waals surface area contributed by atoms with Crippen molar-refractivity contribution in [2.45, 2.75) is 0 Å². The Morgan fingerprint density at radius 2 is 1.56 bits per heavy atom. The third-order valence-electron chi connectivity index (χ3n) is 3.31. The van der Waals surface area contributed by atoms with Crippen LogP contribution in [0.25, 0.3) is 0 Å². The van der Waals surface area contributed by atoms with E-state index in [1.807, 2.05) is 30.3 Å². The summed E-state index contributed by atoms with van der Waals surface area (Å²) in [5.74, 6) is 0. The number of rotatable bonds is 4. The summed E-state index contributed by atoms with van der Waals surface area (Å²) in [6.07, 6.45) is 2.62. The van der Waals surface area contributed by atoms with Gasteiger partial charge in [0, 0.05) is 34.2 Å². The molecule has 2 aromatic carbocycles. The Morgan fingerprint density at radius 1 is 0.920 bits per heavy atom. The van der Waals surface area contributed by atoms with Crippen molar-refractivity contribution in [3.63, 3.8) is 0 Å². The lowest BCUT2D eigenvalue weighted by molar-refractivity contribution is 0.166. The van der Waals surface area contributed by atoms with Gasteiger partial charge in [0.05, 0.1) is 0 Å². The van der Waals surface area contributed by atoms with Gasteiger partial charge < -0.3 is 0 Å². The second-order valence-electron chi connectivity index (χ2n) is 5.05. The van der Waals surface area contributed by atoms with Crippen LogP contribution in [0.4, 0.5) is 10.5 Å². The van der Waals surface area contributed by atoms with Gasteiger partial charge in [0.2, 0.25) is 0 Å². The zero-order chi connectivity index (χ0) is 17.5. The first kappa shape index (κ1) is 16.7. The lowest BCUT2D eigenvalue weighted by Gasteiger charge is -2.07. The van der Waals surface area contributed by atoms with Crippen LogP contribution in [0.3, 0.4) is 0 Å². The smallest absolute Gasteiger partial charge is 0.297 e. The first-order valence-electron chi connectivity index (χ1n) is 7.50. The van der Waals surface area contributed by atoms with E-state index in [1.54, 1.807) is 48.8 Å². The fraction of sp³-hybridized carbons (Fsp3) is 0. The zero-order valence-corrected chi connectivity index (χ0v) is 13.9. The Bertz CT molecular complexity index is 825. The Balaban J connectivity index is 1.79. The van der Waals surface area contributed by atoms with E-state index < -0.39 is 6.09 Å². The Morgan fingerprint density at radius 3 is 2.24 bits per heavy atom. The Labute approximate surface area is 149 Å². The summed E-state index contributed by atoms with van der Waals surface area (Å²) in [5.41, 5.74) is 2.72. The van der Waals surface area contributed by atoms with Crippen molar-refractivity contribution in [3.8, 4) is 0 Å². The third kappa shape index (κ3) is 4.65. The van der Waals surface area contributed by atoms with Crippen LogP contribution in [-0.4, -0.2) is 16.8 Å². The van der Waals surface area contributed by atoms with Gasteiger partial charge in [-0.3, -0.25) is 15.1 Å². The molecule has 1 N–H and O–H groups in total. The van der Waals surface area contributed by atoms with E-state index in [2.05, 4.69) is 15.5 Å². The van der Waals surface area contributed by atoms with Crippen molar-refractivity contribution in [1.29, 1.82) is 0 Å². The summed E-state index contributed by atoms with van der Waals surface area (Å²) >= 11 is 5.82. The van der Waals surface area contributed by atoms with Crippen molar-refractivity contribution < 1.29 is 9.63 Å². The average Bonchev–Trinajstić information content (AvgIpc) is 2.66. The molecule has 0 radical (unpaired) electrons. The standard InChI is InChI=1S/C19H14ClN3O2/c20-16-6-8-17(9-7-16)22-19(24)25-23-18(14-4-2-1-3-5-14)15-10-12-21-13-11-15/h1-13H,(H,22,24)/b23-18+. The SMILES string of the molecule is O=C(Nc1ccc(Cl)cc1)O/N=C(\c1ccccc1)c1ccncc1. The predicted molar refractivity (Wildman–Crippen MR) is 97.9 cm³/mol. The highest BCUT2D eigenvalue weighted by atomic mass is 35.5. The van der Waals surface area contributed by atoms with Crippen LogP contribution in [0.2, 0.25) is 5.02 Å². The van der Waals surface area contributed by atoms with Gasteiger partial charge in [-0.2, -0.15) is 0 Å². The van der Waals surface area contributed by atoms with E-state index in [1.165, 1.54) is 0 Å². The Hall–Kier alpha value is -3.18. The summed E-state index contributed by atoms with van der Waals surface area (Å²) in [6.45, 7) is 0. The van der Waals surface area contributed by atoms with E-state index in [-0.39, 0.29) is 0 Å². The lowest BCUT2D eigenvalue weighted by atomic mass is 10.0. The summed E-state index contributed by atoms with van der Waals surface area (Å²) in [4.78, 5) is 21.0. The topological polar surface area (TPSA) is 63.6 Å². The molecule has 1 amide bonds. The molecule has 0 atom stereocenters. The quantitative estimate of drug-likeness (QED) is 0.419. The van der Waals surface area contributed by atoms with Gasteiger partial charge >= 0.3 is 6.09 Å². The summed E-state index contributed by atoms with van der Waals surface area (Å²) in [7, 11) is 0.